The molecule has 2 rings (SSSR count). The van der Waals surface area contributed by atoms with Crippen LogP contribution in [-0.2, 0) is 0 Å². The van der Waals surface area contributed by atoms with Crippen molar-refractivity contribution in [2.24, 2.45) is 0 Å². The summed E-state index contributed by atoms with van der Waals surface area (Å²) in [5.41, 5.74) is 15.2. The number of nitrogen functional groups attached to an aromatic ring is 2. The highest BCUT2D eigenvalue weighted by molar-refractivity contribution is 6.07. The van der Waals surface area contributed by atoms with E-state index in [1.807, 2.05) is 25.1 Å². The maximum absolute atomic E-state index is 12.0. The highest BCUT2D eigenvalue weighted by Gasteiger charge is 2.03. The topological polar surface area (TPSA) is 69.1 Å². The van der Waals surface area contributed by atoms with E-state index in [0.29, 0.717) is 16.9 Å². The van der Waals surface area contributed by atoms with Crippen LogP contribution in [0.5, 0.6) is 0 Å². The Morgan fingerprint density at radius 2 is 1.74 bits per heavy atom. The summed E-state index contributed by atoms with van der Waals surface area (Å²) in [7, 11) is 0. The zero-order valence-electron chi connectivity index (χ0n) is 10.8. The summed E-state index contributed by atoms with van der Waals surface area (Å²) in [6, 6.07) is 12.7. The standard InChI is InChI=1S/C16H16N2O/c1-11-2-6-13(10-15(11)18)16(19)9-5-12-3-7-14(17)8-4-12/h2-10H,17-18H2,1H3. The van der Waals surface area contributed by atoms with Crippen LogP contribution in [0.15, 0.2) is 48.5 Å². The molecule has 0 saturated heterocycles. The fraction of sp³-hybridized carbons (Fsp3) is 0.0625. The van der Waals surface area contributed by atoms with E-state index in [0.717, 1.165) is 11.1 Å². The van der Waals surface area contributed by atoms with Crippen LogP contribution in [-0.4, -0.2) is 5.78 Å². The van der Waals surface area contributed by atoms with Gasteiger partial charge < -0.3 is 11.5 Å². The van der Waals surface area contributed by atoms with Gasteiger partial charge in [-0.1, -0.05) is 30.3 Å². The molecule has 0 aromatic heterocycles. The van der Waals surface area contributed by atoms with Crippen molar-refractivity contribution in [3.8, 4) is 0 Å². The first-order valence-corrected chi connectivity index (χ1v) is 6.00. The molecule has 0 fully saturated rings. The van der Waals surface area contributed by atoms with Crippen LogP contribution in [0, 0.1) is 6.92 Å². The summed E-state index contributed by atoms with van der Waals surface area (Å²) in [5.74, 6) is -0.0662. The summed E-state index contributed by atoms with van der Waals surface area (Å²) >= 11 is 0. The van der Waals surface area contributed by atoms with E-state index in [1.54, 1.807) is 30.3 Å². The van der Waals surface area contributed by atoms with Gasteiger partial charge in [-0.2, -0.15) is 0 Å². The monoisotopic (exact) mass is 252 g/mol. The van der Waals surface area contributed by atoms with Crippen molar-refractivity contribution < 1.29 is 4.79 Å². The Hall–Kier alpha value is -2.55. The van der Waals surface area contributed by atoms with Gasteiger partial charge in [-0.3, -0.25) is 4.79 Å². The van der Waals surface area contributed by atoms with E-state index in [-0.39, 0.29) is 5.78 Å². The zero-order valence-corrected chi connectivity index (χ0v) is 10.8. The number of rotatable bonds is 3. The van der Waals surface area contributed by atoms with E-state index in [2.05, 4.69) is 0 Å². The van der Waals surface area contributed by atoms with Crippen molar-refractivity contribution in [2.45, 2.75) is 6.92 Å². The predicted octanol–water partition coefficient (Wildman–Crippen LogP) is 3.06. The highest BCUT2D eigenvalue weighted by Crippen LogP contribution is 2.14. The number of anilines is 2. The van der Waals surface area contributed by atoms with Crippen LogP contribution in [0.1, 0.15) is 21.5 Å². The summed E-state index contributed by atoms with van der Waals surface area (Å²) in [6.07, 6.45) is 3.30. The number of ketones is 1. The molecule has 0 aliphatic rings. The second-order valence-corrected chi connectivity index (χ2v) is 4.44. The Morgan fingerprint density at radius 1 is 1.05 bits per heavy atom. The van der Waals surface area contributed by atoms with Crippen LogP contribution in [0.2, 0.25) is 0 Å². The molecule has 0 unspecified atom stereocenters. The van der Waals surface area contributed by atoms with Crippen molar-refractivity contribution in [1.29, 1.82) is 0 Å². The molecule has 0 spiro atoms. The zero-order chi connectivity index (χ0) is 13.8. The van der Waals surface area contributed by atoms with Crippen LogP contribution >= 0.6 is 0 Å². The number of hydrogen-bond acceptors (Lipinski definition) is 3. The number of aryl methyl sites for hydroxylation is 1. The van der Waals surface area contributed by atoms with Gasteiger partial charge >= 0.3 is 0 Å². The van der Waals surface area contributed by atoms with Gasteiger partial charge in [-0.05, 0) is 42.3 Å². The van der Waals surface area contributed by atoms with Crippen molar-refractivity contribution in [1.82, 2.24) is 0 Å². The van der Waals surface area contributed by atoms with E-state index >= 15 is 0 Å². The smallest absolute Gasteiger partial charge is 0.185 e. The van der Waals surface area contributed by atoms with Gasteiger partial charge in [0.1, 0.15) is 0 Å². The van der Waals surface area contributed by atoms with Crippen LogP contribution < -0.4 is 11.5 Å². The molecule has 2 aromatic rings. The average Bonchev–Trinajstić information content (AvgIpc) is 2.41. The Bertz CT molecular complexity index is 628. The molecule has 0 aliphatic heterocycles. The molecule has 0 radical (unpaired) electrons. The maximum Gasteiger partial charge on any atom is 0.185 e. The quantitative estimate of drug-likeness (QED) is 0.501. The number of allylic oxidation sites excluding steroid dienone is 1. The Morgan fingerprint density at radius 3 is 2.37 bits per heavy atom. The number of carbonyl (C=O) groups excluding carboxylic acids is 1. The van der Waals surface area contributed by atoms with Crippen molar-refractivity contribution in [3.63, 3.8) is 0 Å². The molecule has 96 valence electrons. The molecule has 0 amide bonds. The minimum absolute atomic E-state index is 0.0662. The van der Waals surface area contributed by atoms with E-state index < -0.39 is 0 Å². The molecular formula is C16H16N2O. The molecule has 2 aromatic carbocycles. The molecular weight excluding hydrogens is 236 g/mol. The Labute approximate surface area is 112 Å². The van der Waals surface area contributed by atoms with Gasteiger partial charge in [0, 0.05) is 16.9 Å². The molecule has 0 atom stereocenters. The molecule has 19 heavy (non-hydrogen) atoms. The predicted molar refractivity (Wildman–Crippen MR) is 79.8 cm³/mol. The summed E-state index contributed by atoms with van der Waals surface area (Å²) in [5, 5.41) is 0. The van der Waals surface area contributed by atoms with E-state index in [1.165, 1.54) is 6.08 Å². The molecule has 0 bridgehead atoms. The Balaban J connectivity index is 2.16. The van der Waals surface area contributed by atoms with Crippen molar-refractivity contribution in [3.05, 3.63) is 65.2 Å². The Kier molecular flexibility index (Phi) is 3.66. The lowest BCUT2D eigenvalue weighted by Crippen LogP contribution is -1.97. The summed E-state index contributed by atoms with van der Waals surface area (Å²) in [4.78, 5) is 12.0. The minimum atomic E-state index is -0.0662. The van der Waals surface area contributed by atoms with Gasteiger partial charge in [0.25, 0.3) is 0 Å². The molecule has 3 nitrogen and oxygen atoms in total. The second-order valence-electron chi connectivity index (χ2n) is 4.44. The molecule has 3 heteroatoms. The van der Waals surface area contributed by atoms with Gasteiger partial charge in [0.15, 0.2) is 5.78 Å². The number of hydrogen-bond donors (Lipinski definition) is 2. The fourth-order valence-electron chi connectivity index (χ4n) is 1.67. The first kappa shape index (κ1) is 12.9. The van der Waals surface area contributed by atoms with Gasteiger partial charge in [-0.15, -0.1) is 0 Å². The van der Waals surface area contributed by atoms with Gasteiger partial charge in [-0.25, -0.2) is 0 Å². The fourth-order valence-corrected chi connectivity index (χ4v) is 1.67. The van der Waals surface area contributed by atoms with Gasteiger partial charge in [0.05, 0.1) is 0 Å². The molecule has 4 N–H and O–H groups in total. The number of nitrogens with two attached hydrogens (primary N) is 2. The van der Waals surface area contributed by atoms with Crippen molar-refractivity contribution >= 4 is 23.2 Å². The third-order valence-corrected chi connectivity index (χ3v) is 2.93. The van der Waals surface area contributed by atoms with Crippen LogP contribution in [0.25, 0.3) is 6.08 Å². The lowest BCUT2D eigenvalue weighted by Gasteiger charge is -2.01. The largest absolute Gasteiger partial charge is 0.399 e. The molecule has 0 saturated carbocycles. The van der Waals surface area contributed by atoms with Crippen LogP contribution in [0.4, 0.5) is 11.4 Å². The number of benzene rings is 2. The number of carbonyl (C=O) groups is 1. The van der Waals surface area contributed by atoms with E-state index in [9.17, 15) is 4.79 Å². The highest BCUT2D eigenvalue weighted by atomic mass is 16.1. The average molecular weight is 252 g/mol. The molecule has 0 aliphatic carbocycles. The summed E-state index contributed by atoms with van der Waals surface area (Å²) in [6.45, 7) is 1.91. The second kappa shape index (κ2) is 5.40. The first-order chi connectivity index (χ1) is 9.06. The normalized spacial score (nSPS) is 10.8. The maximum atomic E-state index is 12.0. The first-order valence-electron chi connectivity index (χ1n) is 6.00. The van der Waals surface area contributed by atoms with Crippen LogP contribution in [0.3, 0.4) is 0 Å². The lowest BCUT2D eigenvalue weighted by atomic mass is 10.1. The van der Waals surface area contributed by atoms with Crippen molar-refractivity contribution in [2.75, 3.05) is 11.5 Å². The van der Waals surface area contributed by atoms with E-state index in [4.69, 9.17) is 11.5 Å². The molecule has 0 heterocycles. The third kappa shape index (κ3) is 3.22. The minimum Gasteiger partial charge on any atom is -0.399 e. The SMILES string of the molecule is Cc1ccc(C(=O)C=Cc2ccc(N)cc2)cc1N. The third-order valence-electron chi connectivity index (χ3n) is 2.93. The summed E-state index contributed by atoms with van der Waals surface area (Å²) < 4.78 is 0. The van der Waals surface area contributed by atoms with Gasteiger partial charge in [0.2, 0.25) is 0 Å². The lowest BCUT2D eigenvalue weighted by molar-refractivity contribution is 0.104.